The second kappa shape index (κ2) is 5.62. The predicted octanol–water partition coefficient (Wildman–Crippen LogP) is 2.16. The fourth-order valence-electron chi connectivity index (χ4n) is 3.74. The van der Waals surface area contributed by atoms with Gasteiger partial charge in [-0.15, -0.1) is 0 Å². The molecule has 110 valence electrons. The predicted molar refractivity (Wildman–Crippen MR) is 79.1 cm³/mol. The van der Waals surface area contributed by atoms with Crippen LogP contribution in [0.25, 0.3) is 0 Å². The molecule has 2 unspecified atom stereocenters. The number of rotatable bonds is 4. The van der Waals surface area contributed by atoms with Gasteiger partial charge in [-0.25, -0.2) is 0 Å². The zero-order valence-corrected chi connectivity index (χ0v) is 12.3. The summed E-state index contributed by atoms with van der Waals surface area (Å²) >= 11 is 0. The Labute approximate surface area is 120 Å². The van der Waals surface area contributed by atoms with Gasteiger partial charge in [0.25, 0.3) is 0 Å². The summed E-state index contributed by atoms with van der Waals surface area (Å²) in [6.07, 6.45) is 4.86. The van der Waals surface area contributed by atoms with Gasteiger partial charge in [0, 0.05) is 30.7 Å². The monoisotopic (exact) mass is 276 g/mol. The molecule has 2 heterocycles. The van der Waals surface area contributed by atoms with Crippen LogP contribution in [0.1, 0.15) is 31.2 Å². The van der Waals surface area contributed by atoms with Crippen molar-refractivity contribution in [3.05, 3.63) is 23.8 Å². The number of methoxy groups -OCH3 is 2. The Morgan fingerprint density at radius 3 is 2.10 bits per heavy atom. The van der Waals surface area contributed by atoms with Crippen molar-refractivity contribution in [2.75, 3.05) is 14.2 Å². The van der Waals surface area contributed by atoms with Gasteiger partial charge in [0.1, 0.15) is 11.5 Å². The van der Waals surface area contributed by atoms with Crippen molar-refractivity contribution in [1.29, 1.82) is 0 Å². The molecule has 0 amide bonds. The molecule has 3 rings (SSSR count). The molecule has 2 aliphatic rings. The summed E-state index contributed by atoms with van der Waals surface area (Å²) in [5.74, 6) is 1.72. The maximum absolute atomic E-state index is 6.14. The molecule has 4 heteroatoms. The van der Waals surface area contributed by atoms with Crippen LogP contribution in [0, 0.1) is 0 Å². The van der Waals surface area contributed by atoms with E-state index in [1.54, 1.807) is 14.2 Å². The van der Waals surface area contributed by atoms with Crippen LogP contribution in [-0.2, 0) is 6.54 Å². The molecule has 4 nitrogen and oxygen atoms in total. The molecule has 2 bridgehead atoms. The number of ether oxygens (including phenoxy) is 2. The Kier molecular flexibility index (Phi) is 3.85. The van der Waals surface area contributed by atoms with E-state index in [0.29, 0.717) is 18.1 Å². The fourth-order valence-corrected chi connectivity index (χ4v) is 3.74. The normalized spacial score (nSPS) is 29.4. The standard InChI is InChI=1S/C16H24N2O2/c1-19-15-5-11(6-16(9-15)20-2)10-18-13-3-4-14(18)8-12(17)7-13/h5-6,9,12-14H,3-4,7-8,10,17H2,1-2H3. The Morgan fingerprint density at radius 1 is 1.05 bits per heavy atom. The zero-order chi connectivity index (χ0) is 14.1. The molecule has 1 aromatic carbocycles. The van der Waals surface area contributed by atoms with E-state index in [4.69, 9.17) is 15.2 Å². The lowest BCUT2D eigenvalue weighted by Crippen LogP contribution is -2.46. The van der Waals surface area contributed by atoms with Crippen LogP contribution in [0.3, 0.4) is 0 Å². The summed E-state index contributed by atoms with van der Waals surface area (Å²) in [4.78, 5) is 2.62. The molecule has 0 radical (unpaired) electrons. The maximum atomic E-state index is 6.14. The minimum atomic E-state index is 0.392. The number of fused-ring (bicyclic) bond motifs is 2. The minimum Gasteiger partial charge on any atom is -0.497 e. The maximum Gasteiger partial charge on any atom is 0.122 e. The number of benzene rings is 1. The molecule has 1 aromatic rings. The van der Waals surface area contributed by atoms with Crippen LogP contribution in [0.2, 0.25) is 0 Å². The quantitative estimate of drug-likeness (QED) is 0.915. The molecule has 2 saturated heterocycles. The summed E-state index contributed by atoms with van der Waals surface area (Å²) in [6.45, 7) is 0.968. The second-order valence-electron chi connectivity index (χ2n) is 6.01. The molecule has 0 aromatic heterocycles. The Balaban J connectivity index is 1.78. The highest BCUT2D eigenvalue weighted by atomic mass is 16.5. The lowest BCUT2D eigenvalue weighted by atomic mass is 9.97. The van der Waals surface area contributed by atoms with Gasteiger partial charge in [-0.05, 0) is 43.4 Å². The molecule has 2 N–H and O–H groups in total. The first-order valence-electron chi connectivity index (χ1n) is 7.43. The third-order valence-electron chi connectivity index (χ3n) is 4.70. The highest BCUT2D eigenvalue weighted by Crippen LogP contribution is 2.36. The van der Waals surface area contributed by atoms with E-state index in [9.17, 15) is 0 Å². The third-order valence-corrected chi connectivity index (χ3v) is 4.70. The Hall–Kier alpha value is -1.26. The number of piperidine rings is 1. The first-order chi connectivity index (χ1) is 9.69. The average molecular weight is 276 g/mol. The first kappa shape index (κ1) is 13.7. The van der Waals surface area contributed by atoms with Crippen molar-refractivity contribution in [1.82, 2.24) is 4.90 Å². The smallest absolute Gasteiger partial charge is 0.122 e. The van der Waals surface area contributed by atoms with Crippen LogP contribution in [-0.4, -0.2) is 37.2 Å². The zero-order valence-electron chi connectivity index (χ0n) is 12.3. The minimum absolute atomic E-state index is 0.392. The SMILES string of the molecule is COc1cc(CN2C3CCC2CC(N)C3)cc(OC)c1. The van der Waals surface area contributed by atoms with E-state index in [1.807, 2.05) is 6.07 Å². The van der Waals surface area contributed by atoms with Gasteiger partial charge in [-0.2, -0.15) is 0 Å². The van der Waals surface area contributed by atoms with Crippen LogP contribution >= 0.6 is 0 Å². The number of nitrogens with two attached hydrogens (primary N) is 1. The number of hydrogen-bond acceptors (Lipinski definition) is 4. The van der Waals surface area contributed by atoms with Crippen LogP contribution < -0.4 is 15.2 Å². The highest BCUT2D eigenvalue weighted by Gasteiger charge is 2.39. The van der Waals surface area contributed by atoms with Gasteiger partial charge in [-0.3, -0.25) is 4.90 Å². The van der Waals surface area contributed by atoms with Gasteiger partial charge in [0.2, 0.25) is 0 Å². The van der Waals surface area contributed by atoms with Gasteiger partial charge < -0.3 is 15.2 Å². The molecular weight excluding hydrogens is 252 g/mol. The van der Waals surface area contributed by atoms with Crippen molar-refractivity contribution >= 4 is 0 Å². The van der Waals surface area contributed by atoms with Crippen molar-refractivity contribution in [3.63, 3.8) is 0 Å². The summed E-state index contributed by atoms with van der Waals surface area (Å²) < 4.78 is 10.7. The molecule has 0 saturated carbocycles. The fraction of sp³-hybridized carbons (Fsp3) is 0.625. The second-order valence-corrected chi connectivity index (χ2v) is 6.01. The third kappa shape index (κ3) is 2.63. The van der Waals surface area contributed by atoms with Crippen molar-refractivity contribution in [3.8, 4) is 11.5 Å². The van der Waals surface area contributed by atoms with Crippen LogP contribution in [0.5, 0.6) is 11.5 Å². The van der Waals surface area contributed by atoms with E-state index in [-0.39, 0.29) is 0 Å². The molecule has 2 atom stereocenters. The molecule has 2 aliphatic heterocycles. The van der Waals surface area contributed by atoms with E-state index in [0.717, 1.165) is 30.9 Å². The lowest BCUT2D eigenvalue weighted by molar-refractivity contribution is 0.119. The molecule has 2 fully saturated rings. The van der Waals surface area contributed by atoms with Gasteiger partial charge in [-0.1, -0.05) is 0 Å². The van der Waals surface area contributed by atoms with Crippen LogP contribution in [0.4, 0.5) is 0 Å². The van der Waals surface area contributed by atoms with Crippen molar-refractivity contribution in [2.24, 2.45) is 5.73 Å². The highest BCUT2D eigenvalue weighted by molar-refractivity contribution is 5.38. The number of nitrogens with zero attached hydrogens (tertiary/aromatic N) is 1. The summed E-state index contributed by atoms with van der Waals surface area (Å²) in [5.41, 5.74) is 7.39. The molecule has 0 spiro atoms. The lowest BCUT2D eigenvalue weighted by Gasteiger charge is -2.37. The van der Waals surface area contributed by atoms with Gasteiger partial charge in [0.15, 0.2) is 0 Å². The Morgan fingerprint density at radius 2 is 1.60 bits per heavy atom. The summed E-state index contributed by atoms with van der Waals surface area (Å²) in [6, 6.07) is 7.84. The van der Waals surface area contributed by atoms with Crippen molar-refractivity contribution < 1.29 is 9.47 Å². The Bertz CT molecular complexity index is 441. The van der Waals surface area contributed by atoms with Gasteiger partial charge >= 0.3 is 0 Å². The van der Waals surface area contributed by atoms with E-state index in [2.05, 4.69) is 17.0 Å². The van der Waals surface area contributed by atoms with Crippen LogP contribution in [0.15, 0.2) is 18.2 Å². The number of hydrogen-bond donors (Lipinski definition) is 1. The van der Waals surface area contributed by atoms with E-state index in [1.165, 1.54) is 18.4 Å². The largest absolute Gasteiger partial charge is 0.497 e. The summed E-state index contributed by atoms with van der Waals surface area (Å²) in [5, 5.41) is 0. The first-order valence-corrected chi connectivity index (χ1v) is 7.43. The average Bonchev–Trinajstić information content (AvgIpc) is 2.70. The molecule has 0 aliphatic carbocycles. The van der Waals surface area contributed by atoms with Gasteiger partial charge in [0.05, 0.1) is 14.2 Å². The topological polar surface area (TPSA) is 47.7 Å². The van der Waals surface area contributed by atoms with E-state index < -0.39 is 0 Å². The van der Waals surface area contributed by atoms with E-state index >= 15 is 0 Å². The molecule has 20 heavy (non-hydrogen) atoms. The molecular formula is C16H24N2O2. The summed E-state index contributed by atoms with van der Waals surface area (Å²) in [7, 11) is 3.39. The van der Waals surface area contributed by atoms with Crippen molar-refractivity contribution in [2.45, 2.75) is 50.4 Å².